The molecule has 2 aromatic rings. The van der Waals surface area contributed by atoms with Gasteiger partial charge in [0.15, 0.2) is 0 Å². The van der Waals surface area contributed by atoms with Crippen molar-refractivity contribution in [2.75, 3.05) is 17.9 Å². The van der Waals surface area contributed by atoms with Gasteiger partial charge in [-0.25, -0.2) is 5.84 Å². The van der Waals surface area contributed by atoms with Gasteiger partial charge in [0, 0.05) is 5.69 Å². The van der Waals surface area contributed by atoms with Crippen molar-refractivity contribution in [1.82, 2.24) is 15.0 Å². The number of hydrazine groups is 1. The number of nitrogen functional groups attached to an aromatic ring is 1. The molecular weight excluding hydrogens is 272 g/mol. The third-order valence-corrected chi connectivity index (χ3v) is 2.43. The topological polar surface area (TPSA) is 107 Å². The molecule has 0 atom stereocenters. The van der Waals surface area contributed by atoms with Gasteiger partial charge < -0.3 is 14.8 Å². The number of nitrogens with one attached hydrogen (secondary N) is 2. The Hall–Kier alpha value is -2.61. The molecule has 0 amide bonds. The van der Waals surface area contributed by atoms with Crippen molar-refractivity contribution < 1.29 is 9.47 Å². The number of aromatic nitrogens is 3. The Labute approximate surface area is 122 Å². The molecular formula is C13H18N6O2. The highest BCUT2D eigenvalue weighted by Crippen LogP contribution is 2.19. The number of hydrogen-bond donors (Lipinski definition) is 3. The van der Waals surface area contributed by atoms with E-state index in [4.69, 9.17) is 15.3 Å². The van der Waals surface area contributed by atoms with Gasteiger partial charge in [0.25, 0.3) is 0 Å². The van der Waals surface area contributed by atoms with Crippen molar-refractivity contribution in [3.05, 3.63) is 24.3 Å². The largest absolute Gasteiger partial charge is 0.497 e. The molecule has 0 saturated heterocycles. The van der Waals surface area contributed by atoms with Crippen molar-refractivity contribution in [2.45, 2.75) is 20.0 Å². The summed E-state index contributed by atoms with van der Waals surface area (Å²) in [7, 11) is 1.61. The number of nitrogens with zero attached hydrogens (tertiary/aromatic N) is 3. The molecule has 1 aromatic carbocycles. The maximum Gasteiger partial charge on any atom is 0.323 e. The number of ether oxygens (including phenoxy) is 2. The third-order valence-electron chi connectivity index (χ3n) is 2.43. The highest BCUT2D eigenvalue weighted by Gasteiger charge is 2.08. The van der Waals surface area contributed by atoms with Crippen LogP contribution >= 0.6 is 0 Å². The summed E-state index contributed by atoms with van der Waals surface area (Å²) in [5.41, 5.74) is 3.19. The first kappa shape index (κ1) is 14.8. The fourth-order valence-electron chi connectivity index (χ4n) is 1.54. The second kappa shape index (κ2) is 6.71. The minimum absolute atomic E-state index is 0.0492. The molecule has 0 radical (unpaired) electrons. The molecule has 8 heteroatoms. The number of nitrogens with two attached hydrogens (primary N) is 1. The van der Waals surface area contributed by atoms with E-state index in [9.17, 15) is 0 Å². The Kier molecular flexibility index (Phi) is 4.72. The number of rotatable bonds is 6. The smallest absolute Gasteiger partial charge is 0.323 e. The summed E-state index contributed by atoms with van der Waals surface area (Å²) in [5, 5.41) is 3.05. The summed E-state index contributed by atoms with van der Waals surface area (Å²) >= 11 is 0. The van der Waals surface area contributed by atoms with Crippen LogP contribution in [0.1, 0.15) is 13.8 Å². The van der Waals surface area contributed by atoms with Crippen LogP contribution in [0.5, 0.6) is 11.8 Å². The summed E-state index contributed by atoms with van der Waals surface area (Å²) < 4.78 is 10.6. The summed E-state index contributed by atoms with van der Waals surface area (Å²) in [6.45, 7) is 3.77. The Balaban J connectivity index is 2.20. The molecule has 0 aliphatic carbocycles. The van der Waals surface area contributed by atoms with Gasteiger partial charge in [-0.15, -0.1) is 0 Å². The molecule has 0 aliphatic rings. The zero-order chi connectivity index (χ0) is 15.2. The molecule has 0 aliphatic heterocycles. The van der Waals surface area contributed by atoms with Crippen LogP contribution in [0.25, 0.3) is 0 Å². The second-order valence-electron chi connectivity index (χ2n) is 4.43. The molecule has 21 heavy (non-hydrogen) atoms. The molecule has 0 saturated carbocycles. The van der Waals surface area contributed by atoms with E-state index in [1.165, 1.54) is 0 Å². The van der Waals surface area contributed by atoms with Crippen molar-refractivity contribution in [3.8, 4) is 11.8 Å². The Morgan fingerprint density at radius 1 is 1.05 bits per heavy atom. The van der Waals surface area contributed by atoms with Crippen LogP contribution in [0.3, 0.4) is 0 Å². The normalized spacial score (nSPS) is 10.3. The maximum absolute atomic E-state index is 5.45. The van der Waals surface area contributed by atoms with Crippen LogP contribution in [0.4, 0.5) is 17.6 Å². The van der Waals surface area contributed by atoms with Crippen LogP contribution in [-0.4, -0.2) is 28.2 Å². The number of hydrogen-bond acceptors (Lipinski definition) is 8. The molecule has 1 aromatic heterocycles. The predicted molar refractivity (Wildman–Crippen MR) is 79.7 cm³/mol. The first-order valence-electron chi connectivity index (χ1n) is 6.41. The van der Waals surface area contributed by atoms with Gasteiger partial charge in [0.1, 0.15) is 5.75 Å². The van der Waals surface area contributed by atoms with Gasteiger partial charge in [-0.2, -0.15) is 15.0 Å². The quantitative estimate of drug-likeness (QED) is 0.545. The lowest BCUT2D eigenvalue weighted by atomic mass is 10.3. The maximum atomic E-state index is 5.45. The van der Waals surface area contributed by atoms with Gasteiger partial charge in [-0.1, -0.05) is 0 Å². The molecule has 8 nitrogen and oxygen atoms in total. The van der Waals surface area contributed by atoms with E-state index in [1.807, 2.05) is 38.1 Å². The van der Waals surface area contributed by atoms with E-state index in [0.717, 1.165) is 11.4 Å². The highest BCUT2D eigenvalue weighted by molar-refractivity contribution is 5.55. The summed E-state index contributed by atoms with van der Waals surface area (Å²) in [6, 6.07) is 7.56. The Bertz CT molecular complexity index is 588. The van der Waals surface area contributed by atoms with Crippen LogP contribution in [0.2, 0.25) is 0 Å². The van der Waals surface area contributed by atoms with Crippen molar-refractivity contribution in [3.63, 3.8) is 0 Å². The van der Waals surface area contributed by atoms with Gasteiger partial charge in [0.2, 0.25) is 11.9 Å². The monoisotopic (exact) mass is 290 g/mol. The molecule has 0 spiro atoms. The summed E-state index contributed by atoms with van der Waals surface area (Å²) in [4.78, 5) is 12.3. The Morgan fingerprint density at radius 2 is 1.71 bits per heavy atom. The lowest BCUT2D eigenvalue weighted by Crippen LogP contribution is -2.15. The van der Waals surface area contributed by atoms with E-state index in [-0.39, 0.29) is 18.1 Å². The Morgan fingerprint density at radius 3 is 2.29 bits per heavy atom. The number of benzene rings is 1. The van der Waals surface area contributed by atoms with E-state index in [0.29, 0.717) is 5.95 Å². The zero-order valence-corrected chi connectivity index (χ0v) is 12.1. The zero-order valence-electron chi connectivity index (χ0n) is 12.1. The van der Waals surface area contributed by atoms with Crippen molar-refractivity contribution in [2.24, 2.45) is 5.84 Å². The average molecular weight is 290 g/mol. The van der Waals surface area contributed by atoms with E-state index >= 15 is 0 Å². The van der Waals surface area contributed by atoms with Gasteiger partial charge in [-0.3, -0.25) is 5.43 Å². The molecule has 1 heterocycles. The summed E-state index contributed by atoms with van der Waals surface area (Å²) in [6.07, 6.45) is -0.0492. The molecule has 0 bridgehead atoms. The summed E-state index contributed by atoms with van der Waals surface area (Å²) in [5.74, 6) is 6.67. The van der Waals surface area contributed by atoms with E-state index < -0.39 is 0 Å². The van der Waals surface area contributed by atoms with Crippen LogP contribution in [-0.2, 0) is 0 Å². The lowest BCUT2D eigenvalue weighted by molar-refractivity contribution is 0.222. The first-order chi connectivity index (χ1) is 10.1. The van der Waals surface area contributed by atoms with Gasteiger partial charge >= 0.3 is 6.01 Å². The minimum atomic E-state index is -0.0492. The highest BCUT2D eigenvalue weighted by atomic mass is 16.5. The third kappa shape index (κ3) is 4.18. The standard InChI is InChI=1S/C13H18N6O2/c1-8(2)21-13-17-11(16-12(18-13)19-14)15-9-4-6-10(20-3)7-5-9/h4-8H,14H2,1-3H3,(H2,15,16,17,18,19). The lowest BCUT2D eigenvalue weighted by Gasteiger charge is -2.11. The van der Waals surface area contributed by atoms with Gasteiger partial charge in [0.05, 0.1) is 13.2 Å². The van der Waals surface area contributed by atoms with Crippen molar-refractivity contribution in [1.29, 1.82) is 0 Å². The van der Waals surface area contributed by atoms with Crippen LogP contribution < -0.4 is 26.1 Å². The molecule has 0 fully saturated rings. The molecule has 2 rings (SSSR count). The van der Waals surface area contributed by atoms with Crippen LogP contribution in [0.15, 0.2) is 24.3 Å². The predicted octanol–water partition coefficient (Wildman–Crippen LogP) is 1.70. The second-order valence-corrected chi connectivity index (χ2v) is 4.43. The van der Waals surface area contributed by atoms with E-state index in [1.54, 1.807) is 7.11 Å². The molecule has 4 N–H and O–H groups in total. The number of methoxy groups -OCH3 is 1. The fourth-order valence-corrected chi connectivity index (χ4v) is 1.54. The number of anilines is 3. The first-order valence-corrected chi connectivity index (χ1v) is 6.41. The van der Waals surface area contributed by atoms with Crippen LogP contribution in [0, 0.1) is 0 Å². The SMILES string of the molecule is COc1ccc(Nc2nc(NN)nc(OC(C)C)n2)cc1. The molecule has 112 valence electrons. The van der Waals surface area contributed by atoms with Gasteiger partial charge in [-0.05, 0) is 38.1 Å². The van der Waals surface area contributed by atoms with E-state index in [2.05, 4.69) is 25.7 Å². The van der Waals surface area contributed by atoms with Crippen molar-refractivity contribution >= 4 is 17.6 Å². The minimum Gasteiger partial charge on any atom is -0.497 e. The fraction of sp³-hybridized carbons (Fsp3) is 0.308. The molecule has 0 unspecified atom stereocenters. The average Bonchev–Trinajstić information content (AvgIpc) is 2.47.